The van der Waals surface area contributed by atoms with Gasteiger partial charge in [0.15, 0.2) is 22.5 Å². The standard InChI is InChI=1S/C24H21FN6O2S/c1-32-13-4-5-17-14(8-13)24(11-27-17)9-15(24)12-6-16(25)20-18(7-12)30-31-22(20)28-21-19(33-2)10-26-23(29-21)34-3/h4-8,10-11,15H,9H2,1-3H3,(H2,26,28,29,30,31)/t15-,24-/m0/s1/i11D. The van der Waals surface area contributed by atoms with Gasteiger partial charge in [0.2, 0.25) is 0 Å². The van der Waals surface area contributed by atoms with Crippen molar-refractivity contribution >= 4 is 46.2 Å². The SMILES string of the molecule is [2H]C1=Nc2ccc(OC)cc2[C@]12C[C@H]2c1cc(F)c2c(Nc3nc(SC)ncc3OC)n[nH]c2c1. The maximum atomic E-state index is 15.5. The number of thioether (sulfide) groups is 1. The van der Waals surface area contributed by atoms with Gasteiger partial charge in [-0.3, -0.25) is 10.1 Å². The maximum absolute atomic E-state index is 15.5. The first-order valence-electron chi connectivity index (χ1n) is 11.1. The molecule has 1 aliphatic heterocycles. The molecule has 10 heteroatoms. The summed E-state index contributed by atoms with van der Waals surface area (Å²) < 4.78 is 34.8. The van der Waals surface area contributed by atoms with Crippen LogP contribution in [0.15, 0.2) is 46.7 Å². The molecule has 8 nitrogen and oxygen atoms in total. The number of H-pyrrole nitrogens is 1. The van der Waals surface area contributed by atoms with Gasteiger partial charge < -0.3 is 14.8 Å². The van der Waals surface area contributed by atoms with E-state index >= 15 is 4.39 Å². The second-order valence-electron chi connectivity index (χ2n) is 8.23. The van der Waals surface area contributed by atoms with E-state index in [9.17, 15) is 0 Å². The number of hydrogen-bond acceptors (Lipinski definition) is 8. The molecule has 2 aromatic heterocycles. The summed E-state index contributed by atoms with van der Waals surface area (Å²) in [5.74, 6) is 1.37. The lowest BCUT2D eigenvalue weighted by atomic mass is 9.92. The van der Waals surface area contributed by atoms with E-state index in [0.29, 0.717) is 46.1 Å². The average Bonchev–Trinajstić information content (AvgIpc) is 3.41. The molecule has 2 aromatic carbocycles. The van der Waals surface area contributed by atoms with Crippen LogP contribution >= 0.6 is 11.8 Å². The smallest absolute Gasteiger partial charge is 0.189 e. The number of aliphatic imine (C=N–C) groups is 1. The third-order valence-corrected chi connectivity index (χ3v) is 7.00. The molecule has 3 heterocycles. The Morgan fingerprint density at radius 2 is 2.12 bits per heavy atom. The Bertz CT molecular complexity index is 1530. The van der Waals surface area contributed by atoms with Crippen LogP contribution < -0.4 is 14.8 Å². The molecule has 4 aromatic rings. The lowest BCUT2D eigenvalue weighted by molar-refractivity contribution is 0.411. The van der Waals surface area contributed by atoms with Gasteiger partial charge in [-0.25, -0.2) is 14.4 Å². The molecule has 0 radical (unpaired) electrons. The number of aromatic nitrogens is 4. The van der Waals surface area contributed by atoms with Crippen LogP contribution in [0.3, 0.4) is 0 Å². The number of rotatable bonds is 6. The number of nitrogens with one attached hydrogen (secondary N) is 2. The highest BCUT2D eigenvalue weighted by atomic mass is 32.2. The summed E-state index contributed by atoms with van der Waals surface area (Å²) in [7, 11) is 3.13. The number of hydrogen-bond donors (Lipinski definition) is 2. The van der Waals surface area contributed by atoms with E-state index in [4.69, 9.17) is 10.8 Å². The second kappa shape index (κ2) is 7.69. The predicted molar refractivity (Wildman–Crippen MR) is 130 cm³/mol. The summed E-state index contributed by atoms with van der Waals surface area (Å²) in [5, 5.41) is 11.2. The Hall–Kier alpha value is -3.66. The van der Waals surface area contributed by atoms with Crippen LogP contribution in [-0.4, -0.2) is 46.8 Å². The Kier molecular flexibility index (Phi) is 4.48. The monoisotopic (exact) mass is 477 g/mol. The lowest BCUT2D eigenvalue weighted by Crippen LogP contribution is -2.08. The Balaban J connectivity index is 1.36. The second-order valence-corrected chi connectivity index (χ2v) is 9.00. The van der Waals surface area contributed by atoms with Gasteiger partial charge in [-0.2, -0.15) is 5.10 Å². The minimum Gasteiger partial charge on any atom is -0.497 e. The molecule has 1 saturated carbocycles. The number of anilines is 2. The molecule has 2 aliphatic rings. The van der Waals surface area contributed by atoms with Crippen molar-refractivity contribution in [3.05, 3.63) is 53.5 Å². The molecule has 0 unspecified atom stereocenters. The van der Waals surface area contributed by atoms with Gasteiger partial charge in [-0.05, 0) is 54.1 Å². The van der Waals surface area contributed by atoms with E-state index in [1.54, 1.807) is 13.3 Å². The zero-order valence-electron chi connectivity index (χ0n) is 19.6. The van der Waals surface area contributed by atoms with Crippen LogP contribution in [0.1, 0.15) is 24.8 Å². The first-order chi connectivity index (χ1) is 17.0. The Labute approximate surface area is 200 Å². The average molecular weight is 478 g/mol. The minimum atomic E-state index is -0.548. The number of methoxy groups -OCH3 is 2. The molecule has 6 rings (SSSR count). The van der Waals surface area contributed by atoms with Gasteiger partial charge in [-0.15, -0.1) is 0 Å². The van der Waals surface area contributed by atoms with Crippen molar-refractivity contribution in [1.29, 1.82) is 0 Å². The van der Waals surface area contributed by atoms with Crippen molar-refractivity contribution < 1.29 is 15.2 Å². The maximum Gasteiger partial charge on any atom is 0.189 e. The lowest BCUT2D eigenvalue weighted by Gasteiger charge is -2.12. The zero-order chi connectivity index (χ0) is 24.3. The predicted octanol–water partition coefficient (Wildman–Crippen LogP) is 5.12. The highest BCUT2D eigenvalue weighted by Crippen LogP contribution is 2.64. The van der Waals surface area contributed by atoms with E-state index < -0.39 is 11.2 Å². The van der Waals surface area contributed by atoms with Crippen molar-refractivity contribution in [3.63, 3.8) is 0 Å². The van der Waals surface area contributed by atoms with E-state index in [0.717, 1.165) is 22.6 Å². The van der Waals surface area contributed by atoms with E-state index in [2.05, 4.69) is 30.5 Å². The fourth-order valence-corrected chi connectivity index (χ4v) is 4.97. The molecule has 172 valence electrons. The summed E-state index contributed by atoms with van der Waals surface area (Å²) >= 11 is 1.39. The van der Waals surface area contributed by atoms with Gasteiger partial charge in [-0.1, -0.05) is 11.8 Å². The third-order valence-electron chi connectivity index (χ3n) is 6.43. The Morgan fingerprint density at radius 3 is 2.91 bits per heavy atom. The van der Waals surface area contributed by atoms with Crippen molar-refractivity contribution in [1.82, 2.24) is 20.2 Å². The van der Waals surface area contributed by atoms with Crippen molar-refractivity contribution in [2.45, 2.75) is 22.9 Å². The van der Waals surface area contributed by atoms with Crippen molar-refractivity contribution in [2.24, 2.45) is 4.99 Å². The van der Waals surface area contributed by atoms with Crippen molar-refractivity contribution in [2.75, 3.05) is 25.8 Å². The first-order valence-corrected chi connectivity index (χ1v) is 11.8. The molecule has 1 spiro atoms. The molecule has 0 amide bonds. The molecule has 1 fully saturated rings. The first kappa shape index (κ1) is 19.8. The van der Waals surface area contributed by atoms with Crippen LogP contribution in [-0.2, 0) is 5.41 Å². The van der Waals surface area contributed by atoms with E-state index in [1.165, 1.54) is 24.9 Å². The molecule has 2 atom stereocenters. The highest BCUT2D eigenvalue weighted by Gasteiger charge is 2.58. The number of nitrogens with zero attached hydrogens (tertiary/aromatic N) is 4. The Morgan fingerprint density at radius 1 is 1.24 bits per heavy atom. The topological polar surface area (TPSA) is 97.3 Å². The van der Waals surface area contributed by atoms with Gasteiger partial charge >= 0.3 is 0 Å². The summed E-state index contributed by atoms with van der Waals surface area (Å²) in [4.78, 5) is 13.1. The number of fused-ring (bicyclic) bond motifs is 3. The van der Waals surface area contributed by atoms with Gasteiger partial charge in [0.1, 0.15) is 11.6 Å². The molecular weight excluding hydrogens is 455 g/mol. The molecule has 0 bridgehead atoms. The van der Waals surface area contributed by atoms with Crippen LogP contribution in [0.2, 0.25) is 0 Å². The number of ether oxygens (including phenoxy) is 2. The van der Waals surface area contributed by atoms with Crippen molar-refractivity contribution in [3.8, 4) is 11.5 Å². The number of halogens is 1. The van der Waals surface area contributed by atoms with Crippen LogP contribution in [0.25, 0.3) is 10.9 Å². The van der Waals surface area contributed by atoms with Gasteiger partial charge in [0.05, 0.1) is 38.4 Å². The summed E-state index contributed by atoms with van der Waals surface area (Å²) in [6.07, 6.45) is 4.42. The van der Waals surface area contributed by atoms with Crippen LogP contribution in [0.4, 0.5) is 21.7 Å². The number of benzene rings is 2. The molecule has 0 saturated heterocycles. The summed E-state index contributed by atoms with van der Waals surface area (Å²) in [5.41, 5.74) is 2.53. The fraction of sp³-hybridized carbons (Fsp3) is 0.250. The summed E-state index contributed by atoms with van der Waals surface area (Å²) in [6.45, 7) is 0. The van der Waals surface area contributed by atoms with Gasteiger partial charge in [0, 0.05) is 17.5 Å². The third kappa shape index (κ3) is 3.12. The van der Waals surface area contributed by atoms with E-state index in [1.807, 2.05) is 30.5 Å². The normalized spacial score (nSPS) is 20.8. The quantitative estimate of drug-likeness (QED) is 0.294. The van der Waals surface area contributed by atoms with Gasteiger partial charge in [0.25, 0.3) is 0 Å². The largest absolute Gasteiger partial charge is 0.497 e. The molecule has 2 N–H and O–H groups in total. The zero-order valence-corrected chi connectivity index (χ0v) is 19.5. The minimum absolute atomic E-state index is 0.0585. The molecule has 34 heavy (non-hydrogen) atoms. The van der Waals surface area contributed by atoms with E-state index in [-0.39, 0.29) is 5.92 Å². The highest BCUT2D eigenvalue weighted by molar-refractivity contribution is 7.98. The molecule has 1 aliphatic carbocycles. The number of aromatic amines is 1. The molecular formula is C24H21FN6O2S. The van der Waals surface area contributed by atoms with Crippen LogP contribution in [0.5, 0.6) is 11.5 Å². The van der Waals surface area contributed by atoms with Crippen LogP contribution in [0, 0.1) is 5.82 Å². The summed E-state index contributed by atoms with van der Waals surface area (Å²) in [6, 6.07) is 9.06. The fourth-order valence-electron chi connectivity index (χ4n) is 4.63.